The fourth-order valence-corrected chi connectivity index (χ4v) is 4.60. The van der Waals surface area contributed by atoms with Gasteiger partial charge in [-0.25, -0.2) is 23.1 Å². The highest BCUT2D eigenvalue weighted by Crippen LogP contribution is 2.20. The normalized spacial score (nSPS) is 15.3. The first-order chi connectivity index (χ1) is 12.4. The topological polar surface area (TPSA) is 84.0 Å². The van der Waals surface area contributed by atoms with Crippen LogP contribution in [0.5, 0.6) is 0 Å². The molecule has 140 valence electrons. The molecule has 0 bridgehead atoms. The van der Waals surface area contributed by atoms with E-state index in [9.17, 15) is 8.42 Å². The second kappa shape index (κ2) is 8.14. The molecule has 1 aliphatic carbocycles. The highest BCUT2D eigenvalue weighted by atomic mass is 32.2. The lowest BCUT2D eigenvalue weighted by Crippen LogP contribution is -2.32. The number of sulfonamides is 1. The van der Waals surface area contributed by atoms with E-state index < -0.39 is 10.0 Å². The predicted molar refractivity (Wildman–Crippen MR) is 103 cm³/mol. The molecule has 1 aromatic carbocycles. The lowest BCUT2D eigenvalue weighted by Gasteiger charge is -2.13. The third kappa shape index (κ3) is 5.02. The predicted octanol–water partition coefficient (Wildman–Crippen LogP) is 2.97. The minimum Gasteiger partial charge on any atom is -0.354 e. The smallest absolute Gasteiger partial charge is 0.240 e. The molecule has 1 saturated carbocycles. The maximum Gasteiger partial charge on any atom is 0.240 e. The van der Waals surface area contributed by atoms with Gasteiger partial charge in [0.2, 0.25) is 16.0 Å². The molecule has 0 saturated heterocycles. The second-order valence-electron chi connectivity index (χ2n) is 6.90. The van der Waals surface area contributed by atoms with Gasteiger partial charge in [-0.1, -0.05) is 25.0 Å². The minimum atomic E-state index is -3.42. The molecule has 0 unspecified atom stereocenters. The highest BCUT2D eigenvalue weighted by Gasteiger charge is 2.22. The highest BCUT2D eigenvalue weighted by molar-refractivity contribution is 7.89. The number of rotatable bonds is 7. The molecule has 0 atom stereocenters. The summed E-state index contributed by atoms with van der Waals surface area (Å²) in [4.78, 5) is 9.03. The van der Waals surface area contributed by atoms with Gasteiger partial charge in [-0.15, -0.1) is 0 Å². The first-order valence-electron chi connectivity index (χ1n) is 9.10. The van der Waals surface area contributed by atoms with Crippen LogP contribution < -0.4 is 10.0 Å². The maximum atomic E-state index is 12.4. The quantitative estimate of drug-likeness (QED) is 0.778. The third-order valence-electron chi connectivity index (χ3n) is 4.59. The average molecular weight is 375 g/mol. The van der Waals surface area contributed by atoms with Crippen LogP contribution in [0.25, 0.3) is 0 Å². The molecule has 7 heteroatoms. The van der Waals surface area contributed by atoms with Crippen LogP contribution in [-0.2, 0) is 16.4 Å². The van der Waals surface area contributed by atoms with Crippen LogP contribution in [-0.4, -0.2) is 31.0 Å². The van der Waals surface area contributed by atoms with Gasteiger partial charge in [0.1, 0.15) is 0 Å². The van der Waals surface area contributed by atoms with Gasteiger partial charge in [0.15, 0.2) is 0 Å². The molecule has 3 rings (SSSR count). The number of aromatic nitrogens is 2. The number of benzene rings is 1. The Morgan fingerprint density at radius 1 is 1.04 bits per heavy atom. The van der Waals surface area contributed by atoms with Crippen LogP contribution in [0.3, 0.4) is 0 Å². The summed E-state index contributed by atoms with van der Waals surface area (Å²) >= 11 is 0. The largest absolute Gasteiger partial charge is 0.354 e. The lowest BCUT2D eigenvalue weighted by molar-refractivity contribution is 0.552. The summed E-state index contributed by atoms with van der Waals surface area (Å²) in [6.45, 7) is 4.58. The molecule has 6 nitrogen and oxygen atoms in total. The molecule has 1 aliphatic rings. The minimum absolute atomic E-state index is 0.0849. The van der Waals surface area contributed by atoms with Crippen LogP contribution in [0, 0.1) is 13.8 Å². The molecule has 1 aromatic heterocycles. The Hall–Kier alpha value is -1.99. The Morgan fingerprint density at radius 2 is 1.65 bits per heavy atom. The lowest BCUT2D eigenvalue weighted by atomic mass is 10.1. The zero-order chi connectivity index (χ0) is 18.6. The number of anilines is 1. The zero-order valence-electron chi connectivity index (χ0n) is 15.3. The molecule has 0 aliphatic heterocycles. The fraction of sp³-hybridized carbons (Fsp3) is 0.474. The van der Waals surface area contributed by atoms with E-state index in [2.05, 4.69) is 20.0 Å². The van der Waals surface area contributed by atoms with Crippen LogP contribution >= 0.6 is 0 Å². The second-order valence-corrected chi connectivity index (χ2v) is 8.61. The van der Waals surface area contributed by atoms with Gasteiger partial charge in [-0.2, -0.15) is 0 Å². The summed E-state index contributed by atoms with van der Waals surface area (Å²) < 4.78 is 27.7. The summed E-state index contributed by atoms with van der Waals surface area (Å²) in [6.07, 6.45) is 4.84. The van der Waals surface area contributed by atoms with E-state index in [1.54, 1.807) is 12.1 Å². The third-order valence-corrected chi connectivity index (χ3v) is 6.13. The van der Waals surface area contributed by atoms with E-state index in [0.29, 0.717) is 17.4 Å². The molecule has 26 heavy (non-hydrogen) atoms. The molecule has 2 aromatic rings. The fourth-order valence-electron chi connectivity index (χ4n) is 3.29. The van der Waals surface area contributed by atoms with E-state index in [4.69, 9.17) is 0 Å². The average Bonchev–Trinajstić information content (AvgIpc) is 3.07. The van der Waals surface area contributed by atoms with E-state index in [0.717, 1.165) is 49.1 Å². The van der Waals surface area contributed by atoms with Gasteiger partial charge in [0, 0.05) is 24.0 Å². The van der Waals surface area contributed by atoms with Crippen molar-refractivity contribution in [2.24, 2.45) is 0 Å². The Balaban J connectivity index is 1.55. The molecular formula is C19H26N4O2S. The van der Waals surface area contributed by atoms with Crippen molar-refractivity contribution in [3.8, 4) is 0 Å². The SMILES string of the molecule is Cc1cc(C)nc(NCCc2ccc(S(=O)(=O)NC3CCCC3)cc2)n1. The van der Waals surface area contributed by atoms with Crippen molar-refractivity contribution < 1.29 is 8.42 Å². The maximum absolute atomic E-state index is 12.4. The van der Waals surface area contributed by atoms with E-state index in [1.165, 1.54) is 0 Å². The van der Waals surface area contributed by atoms with Gasteiger partial charge in [0.25, 0.3) is 0 Å². The summed E-state index contributed by atoms with van der Waals surface area (Å²) in [6, 6.07) is 9.12. The van der Waals surface area contributed by atoms with Crippen LogP contribution in [0.4, 0.5) is 5.95 Å². The van der Waals surface area contributed by atoms with Gasteiger partial charge in [-0.05, 0) is 56.9 Å². The summed E-state index contributed by atoms with van der Waals surface area (Å²) in [5.41, 5.74) is 2.94. The Morgan fingerprint density at radius 3 is 2.27 bits per heavy atom. The van der Waals surface area contributed by atoms with E-state index in [-0.39, 0.29) is 6.04 Å². The van der Waals surface area contributed by atoms with Crippen molar-refractivity contribution in [1.82, 2.24) is 14.7 Å². The van der Waals surface area contributed by atoms with Gasteiger partial charge in [0.05, 0.1) is 4.90 Å². The summed E-state index contributed by atoms with van der Waals surface area (Å²) in [5, 5.41) is 3.22. The van der Waals surface area contributed by atoms with Gasteiger partial charge in [-0.3, -0.25) is 0 Å². The number of nitrogens with one attached hydrogen (secondary N) is 2. The van der Waals surface area contributed by atoms with Crippen LogP contribution in [0.15, 0.2) is 35.2 Å². The molecule has 0 amide bonds. The van der Waals surface area contributed by atoms with Crippen molar-refractivity contribution in [2.75, 3.05) is 11.9 Å². The number of hydrogen-bond acceptors (Lipinski definition) is 5. The van der Waals surface area contributed by atoms with Crippen molar-refractivity contribution in [1.29, 1.82) is 0 Å². The molecular weight excluding hydrogens is 348 g/mol. The summed E-state index contributed by atoms with van der Waals surface area (Å²) in [5.74, 6) is 0.627. The molecule has 1 heterocycles. The Kier molecular flexibility index (Phi) is 5.88. The first-order valence-corrected chi connectivity index (χ1v) is 10.6. The molecule has 2 N–H and O–H groups in total. The molecule has 0 radical (unpaired) electrons. The van der Waals surface area contributed by atoms with Crippen molar-refractivity contribution in [3.05, 3.63) is 47.3 Å². The van der Waals surface area contributed by atoms with Crippen LogP contribution in [0.2, 0.25) is 0 Å². The number of aryl methyl sites for hydroxylation is 2. The van der Waals surface area contributed by atoms with E-state index >= 15 is 0 Å². The first kappa shape index (κ1) is 18.8. The van der Waals surface area contributed by atoms with E-state index in [1.807, 2.05) is 32.0 Å². The van der Waals surface area contributed by atoms with Crippen LogP contribution in [0.1, 0.15) is 42.6 Å². The van der Waals surface area contributed by atoms with Crippen molar-refractivity contribution in [2.45, 2.75) is 56.9 Å². The number of hydrogen-bond donors (Lipinski definition) is 2. The monoisotopic (exact) mass is 374 g/mol. The van der Waals surface area contributed by atoms with Crippen molar-refractivity contribution >= 4 is 16.0 Å². The van der Waals surface area contributed by atoms with Gasteiger partial charge < -0.3 is 5.32 Å². The zero-order valence-corrected chi connectivity index (χ0v) is 16.1. The molecule has 1 fully saturated rings. The summed E-state index contributed by atoms with van der Waals surface area (Å²) in [7, 11) is -3.42. The standard InChI is InChI=1S/C19H26N4O2S/c1-14-13-15(2)22-19(21-14)20-12-11-16-7-9-18(10-8-16)26(24,25)23-17-5-3-4-6-17/h7-10,13,17,23H,3-6,11-12H2,1-2H3,(H,20,21,22). The van der Waals surface area contributed by atoms with Crippen molar-refractivity contribution in [3.63, 3.8) is 0 Å². The van der Waals surface area contributed by atoms with Gasteiger partial charge >= 0.3 is 0 Å². The Bertz CT molecular complexity index is 824. The number of nitrogens with zero attached hydrogens (tertiary/aromatic N) is 2. The Labute approximate surface area is 155 Å². The molecule has 0 spiro atoms.